The average molecular weight is 584 g/mol. The number of hydrogen-bond acceptors (Lipinski definition) is 7. The van der Waals surface area contributed by atoms with Gasteiger partial charge in [-0.25, -0.2) is 13.1 Å². The SMILES string of the molecule is COc1cc(Cl)c(Br)cc1C(=O)N1CCCC(OCc2cn(-c3ccc(S(C)(=O)=O)cc3)nn2)C1. The van der Waals surface area contributed by atoms with Crippen LogP contribution in [0.3, 0.4) is 0 Å². The van der Waals surface area contributed by atoms with E-state index in [1.165, 1.54) is 19.2 Å². The van der Waals surface area contributed by atoms with E-state index in [1.54, 1.807) is 40.0 Å². The predicted molar refractivity (Wildman–Crippen MR) is 134 cm³/mol. The Balaban J connectivity index is 1.38. The highest BCUT2D eigenvalue weighted by atomic mass is 79.9. The minimum absolute atomic E-state index is 0.143. The lowest BCUT2D eigenvalue weighted by Crippen LogP contribution is -2.43. The van der Waals surface area contributed by atoms with Crippen molar-refractivity contribution < 1.29 is 22.7 Å². The second-order valence-electron chi connectivity index (χ2n) is 8.21. The number of amides is 1. The van der Waals surface area contributed by atoms with Crippen LogP contribution in [0, 0.1) is 0 Å². The van der Waals surface area contributed by atoms with Crippen molar-refractivity contribution >= 4 is 43.3 Å². The minimum atomic E-state index is -3.26. The number of likely N-dealkylation sites (tertiary alicyclic amines) is 1. The number of methoxy groups -OCH3 is 1. The van der Waals surface area contributed by atoms with Gasteiger partial charge in [0, 0.05) is 29.9 Å². The largest absolute Gasteiger partial charge is 0.496 e. The molecule has 12 heteroatoms. The molecule has 2 heterocycles. The van der Waals surface area contributed by atoms with Gasteiger partial charge < -0.3 is 14.4 Å². The zero-order valence-electron chi connectivity index (χ0n) is 19.1. The van der Waals surface area contributed by atoms with Crippen molar-refractivity contribution in [3.05, 3.63) is 63.3 Å². The summed E-state index contributed by atoms with van der Waals surface area (Å²) in [5.41, 5.74) is 1.76. The number of carbonyl (C=O) groups is 1. The van der Waals surface area contributed by atoms with E-state index in [0.29, 0.717) is 45.3 Å². The van der Waals surface area contributed by atoms with Gasteiger partial charge in [0.05, 0.1) is 47.2 Å². The third-order valence-electron chi connectivity index (χ3n) is 5.68. The quantitative estimate of drug-likeness (QED) is 0.415. The van der Waals surface area contributed by atoms with Crippen LogP contribution in [-0.2, 0) is 21.2 Å². The molecule has 1 amide bonds. The molecule has 1 fully saturated rings. The van der Waals surface area contributed by atoms with Crippen LogP contribution in [0.25, 0.3) is 5.69 Å². The summed E-state index contributed by atoms with van der Waals surface area (Å²) in [6.07, 6.45) is 4.39. The van der Waals surface area contributed by atoms with Crippen molar-refractivity contribution in [1.29, 1.82) is 0 Å². The number of rotatable bonds is 7. The molecule has 1 aliphatic heterocycles. The molecular weight excluding hydrogens is 560 g/mol. The molecule has 1 aromatic heterocycles. The van der Waals surface area contributed by atoms with Crippen molar-refractivity contribution in [2.24, 2.45) is 0 Å². The van der Waals surface area contributed by atoms with Crippen LogP contribution in [0.4, 0.5) is 0 Å². The topological polar surface area (TPSA) is 104 Å². The second-order valence-corrected chi connectivity index (χ2v) is 11.5. The van der Waals surface area contributed by atoms with E-state index in [9.17, 15) is 13.2 Å². The lowest BCUT2D eigenvalue weighted by molar-refractivity contribution is -0.00795. The van der Waals surface area contributed by atoms with Gasteiger partial charge in [0.2, 0.25) is 0 Å². The highest BCUT2D eigenvalue weighted by Gasteiger charge is 2.27. The molecule has 4 rings (SSSR count). The van der Waals surface area contributed by atoms with Gasteiger partial charge >= 0.3 is 0 Å². The summed E-state index contributed by atoms with van der Waals surface area (Å²) in [5.74, 6) is 0.281. The van der Waals surface area contributed by atoms with E-state index < -0.39 is 9.84 Å². The lowest BCUT2D eigenvalue weighted by Gasteiger charge is -2.33. The number of halogens is 2. The maximum atomic E-state index is 13.2. The Morgan fingerprint density at radius 1 is 1.26 bits per heavy atom. The number of sulfone groups is 1. The zero-order valence-corrected chi connectivity index (χ0v) is 22.3. The van der Waals surface area contributed by atoms with Crippen LogP contribution in [0.15, 0.2) is 52.0 Å². The van der Waals surface area contributed by atoms with Crippen LogP contribution < -0.4 is 4.74 Å². The summed E-state index contributed by atoms with van der Waals surface area (Å²) in [6.45, 7) is 1.31. The third-order valence-corrected chi connectivity index (χ3v) is 8.00. The fraction of sp³-hybridized carbons (Fsp3) is 0.348. The van der Waals surface area contributed by atoms with Crippen LogP contribution in [0.2, 0.25) is 5.02 Å². The van der Waals surface area contributed by atoms with Crippen LogP contribution in [0.5, 0.6) is 5.75 Å². The van der Waals surface area contributed by atoms with Crippen molar-refractivity contribution in [3.8, 4) is 11.4 Å². The molecule has 2 aromatic carbocycles. The molecule has 0 aliphatic carbocycles. The fourth-order valence-electron chi connectivity index (χ4n) is 3.83. The molecule has 9 nitrogen and oxygen atoms in total. The Morgan fingerprint density at radius 3 is 2.69 bits per heavy atom. The molecule has 1 unspecified atom stereocenters. The summed E-state index contributed by atoms with van der Waals surface area (Å²) >= 11 is 9.51. The van der Waals surface area contributed by atoms with Crippen LogP contribution in [-0.4, -0.2) is 66.8 Å². The van der Waals surface area contributed by atoms with E-state index in [-0.39, 0.29) is 23.5 Å². The first-order valence-electron chi connectivity index (χ1n) is 10.8. The van der Waals surface area contributed by atoms with Crippen molar-refractivity contribution in [2.45, 2.75) is 30.4 Å². The van der Waals surface area contributed by atoms with E-state index >= 15 is 0 Å². The van der Waals surface area contributed by atoms with E-state index in [0.717, 1.165) is 19.1 Å². The Morgan fingerprint density at radius 2 is 2.00 bits per heavy atom. The summed E-state index contributed by atoms with van der Waals surface area (Å²) in [6, 6.07) is 9.70. The van der Waals surface area contributed by atoms with Gasteiger partial charge in [0.15, 0.2) is 9.84 Å². The molecule has 1 atom stereocenters. The molecule has 35 heavy (non-hydrogen) atoms. The van der Waals surface area contributed by atoms with Crippen molar-refractivity contribution in [2.75, 3.05) is 26.5 Å². The normalized spacial score (nSPS) is 16.3. The summed E-state index contributed by atoms with van der Waals surface area (Å²) in [5, 5.41) is 8.72. The Bertz CT molecular complexity index is 1330. The molecule has 186 valence electrons. The van der Waals surface area contributed by atoms with E-state index in [1.807, 2.05) is 0 Å². The lowest BCUT2D eigenvalue weighted by atomic mass is 10.1. The highest BCUT2D eigenvalue weighted by Crippen LogP contribution is 2.32. The first-order valence-corrected chi connectivity index (χ1v) is 13.9. The molecule has 1 saturated heterocycles. The Labute approximate surface area is 217 Å². The number of carbonyl (C=O) groups excluding carboxylic acids is 1. The molecule has 0 saturated carbocycles. The van der Waals surface area contributed by atoms with Gasteiger partial charge in [-0.1, -0.05) is 16.8 Å². The number of aromatic nitrogens is 3. The molecular formula is C23H24BrClN4O5S. The van der Waals surface area contributed by atoms with Crippen LogP contribution in [0.1, 0.15) is 28.9 Å². The summed E-state index contributed by atoms with van der Waals surface area (Å²) in [7, 11) is -1.76. The minimum Gasteiger partial charge on any atom is -0.496 e. The maximum Gasteiger partial charge on any atom is 0.257 e. The van der Waals surface area contributed by atoms with Gasteiger partial charge in [-0.3, -0.25) is 4.79 Å². The molecule has 0 bridgehead atoms. The van der Waals surface area contributed by atoms with Crippen LogP contribution >= 0.6 is 27.5 Å². The molecule has 0 spiro atoms. The predicted octanol–water partition coefficient (Wildman–Crippen LogP) is 3.92. The Kier molecular flexibility index (Phi) is 7.80. The maximum absolute atomic E-state index is 13.2. The number of hydrogen-bond donors (Lipinski definition) is 0. The van der Waals surface area contributed by atoms with E-state index in [4.69, 9.17) is 21.1 Å². The zero-order chi connectivity index (χ0) is 25.2. The molecule has 1 aliphatic rings. The van der Waals surface area contributed by atoms with Gasteiger partial charge in [-0.2, -0.15) is 0 Å². The van der Waals surface area contributed by atoms with Gasteiger partial charge in [0.1, 0.15) is 11.4 Å². The number of benzene rings is 2. The summed E-state index contributed by atoms with van der Waals surface area (Å²) < 4.78 is 36.9. The number of nitrogens with zero attached hydrogens (tertiary/aromatic N) is 4. The summed E-state index contributed by atoms with van der Waals surface area (Å²) in [4.78, 5) is 15.2. The standard InChI is InChI=1S/C23H24BrClN4O5S/c1-33-22-11-21(25)20(24)10-19(22)23(30)28-9-3-4-17(13-28)34-14-15-12-29(27-26-15)16-5-7-18(8-6-16)35(2,31)32/h5-8,10-12,17H,3-4,9,13-14H2,1-2H3. The number of piperidine rings is 1. The van der Waals surface area contributed by atoms with Crippen molar-refractivity contribution in [3.63, 3.8) is 0 Å². The Hall–Kier alpha value is -2.47. The first kappa shape index (κ1) is 25.6. The smallest absolute Gasteiger partial charge is 0.257 e. The second kappa shape index (κ2) is 10.7. The average Bonchev–Trinajstić information content (AvgIpc) is 3.32. The molecule has 3 aromatic rings. The van der Waals surface area contributed by atoms with Gasteiger partial charge in [-0.05, 0) is 59.1 Å². The molecule has 0 N–H and O–H groups in total. The monoisotopic (exact) mass is 582 g/mol. The molecule has 0 radical (unpaired) electrons. The van der Waals surface area contributed by atoms with Crippen molar-refractivity contribution in [1.82, 2.24) is 19.9 Å². The fourth-order valence-corrected chi connectivity index (χ4v) is 4.96. The third kappa shape index (κ3) is 6.03. The van der Waals surface area contributed by atoms with Gasteiger partial charge in [-0.15, -0.1) is 5.10 Å². The number of ether oxygens (including phenoxy) is 2. The van der Waals surface area contributed by atoms with Gasteiger partial charge in [0.25, 0.3) is 5.91 Å². The first-order chi connectivity index (χ1) is 16.7. The van der Waals surface area contributed by atoms with E-state index in [2.05, 4.69) is 26.2 Å². The highest BCUT2D eigenvalue weighted by molar-refractivity contribution is 9.10.